The predicted molar refractivity (Wildman–Crippen MR) is 69.2 cm³/mol. The van der Waals surface area contributed by atoms with Crippen molar-refractivity contribution >= 4 is 15.7 Å². The van der Waals surface area contributed by atoms with Crippen molar-refractivity contribution in [3.8, 4) is 0 Å². The number of aliphatic hydroxyl groups excluding tert-OH is 1. The lowest BCUT2D eigenvalue weighted by atomic mass is 10.3. The van der Waals surface area contributed by atoms with Crippen LogP contribution in [0.4, 0.5) is 10.1 Å². The third-order valence-corrected chi connectivity index (χ3v) is 4.57. The average molecular weight is 306 g/mol. The fourth-order valence-corrected chi connectivity index (χ4v) is 2.83. The molecule has 0 fully saturated rings. The minimum Gasteiger partial charge on any atom is -0.393 e. The zero-order valence-electron chi connectivity index (χ0n) is 11.0. The van der Waals surface area contributed by atoms with E-state index >= 15 is 0 Å². The topological polar surface area (TPSA) is 101 Å². The van der Waals surface area contributed by atoms with Gasteiger partial charge in [-0.05, 0) is 25.5 Å². The first-order valence-corrected chi connectivity index (χ1v) is 7.18. The number of hydrogen-bond acceptors (Lipinski definition) is 5. The summed E-state index contributed by atoms with van der Waals surface area (Å²) < 4.78 is 38.3. The molecule has 0 aliphatic carbocycles. The maximum absolute atomic E-state index is 13.0. The van der Waals surface area contributed by atoms with Crippen LogP contribution in [0.1, 0.15) is 13.3 Å². The second-order valence-corrected chi connectivity index (χ2v) is 6.35. The average Bonchev–Trinajstić information content (AvgIpc) is 2.35. The van der Waals surface area contributed by atoms with Gasteiger partial charge in [0.05, 0.1) is 17.1 Å². The molecule has 0 aliphatic heterocycles. The van der Waals surface area contributed by atoms with Crippen molar-refractivity contribution in [3.05, 3.63) is 34.1 Å². The van der Waals surface area contributed by atoms with Gasteiger partial charge in [-0.25, -0.2) is 17.1 Å². The van der Waals surface area contributed by atoms with Crippen molar-refractivity contribution in [1.82, 2.24) is 4.31 Å². The van der Waals surface area contributed by atoms with Crippen LogP contribution in [0.3, 0.4) is 0 Å². The highest BCUT2D eigenvalue weighted by molar-refractivity contribution is 7.89. The third-order valence-electron chi connectivity index (χ3n) is 2.67. The Morgan fingerprint density at radius 3 is 2.60 bits per heavy atom. The first-order chi connectivity index (χ1) is 9.16. The van der Waals surface area contributed by atoms with Gasteiger partial charge in [0.1, 0.15) is 5.82 Å². The second kappa shape index (κ2) is 6.25. The Morgan fingerprint density at radius 2 is 2.10 bits per heavy atom. The number of hydrogen-bond donors (Lipinski definition) is 1. The smallest absolute Gasteiger partial charge is 0.292 e. The van der Waals surface area contributed by atoms with Gasteiger partial charge in [0, 0.05) is 13.6 Å². The number of nitro benzene ring substituents is 1. The Kier molecular flexibility index (Phi) is 5.15. The summed E-state index contributed by atoms with van der Waals surface area (Å²) in [6.45, 7) is 1.50. The molecule has 0 spiro atoms. The Bertz CT molecular complexity index is 603. The molecule has 0 saturated carbocycles. The summed E-state index contributed by atoms with van der Waals surface area (Å²) in [4.78, 5) is 9.31. The minimum absolute atomic E-state index is 0.00543. The van der Waals surface area contributed by atoms with Gasteiger partial charge in [-0.15, -0.1) is 0 Å². The van der Waals surface area contributed by atoms with Crippen molar-refractivity contribution in [2.75, 3.05) is 13.6 Å². The van der Waals surface area contributed by atoms with Crippen molar-refractivity contribution in [2.24, 2.45) is 0 Å². The second-order valence-electron chi connectivity index (χ2n) is 4.33. The summed E-state index contributed by atoms with van der Waals surface area (Å²) in [5.74, 6) is -0.887. The number of benzene rings is 1. The van der Waals surface area contributed by atoms with Gasteiger partial charge in [-0.3, -0.25) is 10.1 Å². The summed E-state index contributed by atoms with van der Waals surface area (Å²) in [6.07, 6.45) is -0.513. The molecule has 1 unspecified atom stereocenters. The standard InChI is InChI=1S/C11H15FN2O5S/c1-8(15)5-6-13(2)20(18,19)11-4-3-9(12)7-10(11)14(16)17/h3-4,7-8,15H,5-6H2,1-2H3. The first kappa shape index (κ1) is 16.5. The van der Waals surface area contributed by atoms with Crippen LogP contribution in [0.15, 0.2) is 23.1 Å². The molecule has 112 valence electrons. The number of nitrogens with zero attached hydrogens (tertiary/aromatic N) is 2. The van der Waals surface area contributed by atoms with E-state index in [-0.39, 0.29) is 13.0 Å². The molecule has 0 aromatic heterocycles. The SMILES string of the molecule is CC(O)CCN(C)S(=O)(=O)c1ccc(F)cc1[N+](=O)[O-]. The van der Waals surface area contributed by atoms with E-state index in [0.717, 1.165) is 16.4 Å². The monoisotopic (exact) mass is 306 g/mol. The van der Waals surface area contributed by atoms with Crippen LogP contribution >= 0.6 is 0 Å². The van der Waals surface area contributed by atoms with E-state index in [1.54, 1.807) is 0 Å². The summed E-state index contributed by atoms with van der Waals surface area (Å²) in [5.41, 5.74) is -0.811. The number of rotatable bonds is 6. The van der Waals surface area contributed by atoms with Crippen LogP contribution in [0.5, 0.6) is 0 Å². The number of halogens is 1. The van der Waals surface area contributed by atoms with Gasteiger partial charge < -0.3 is 5.11 Å². The van der Waals surface area contributed by atoms with Gasteiger partial charge >= 0.3 is 0 Å². The van der Waals surface area contributed by atoms with Crippen LogP contribution in [0.25, 0.3) is 0 Å². The molecule has 1 N–H and O–H groups in total. The van der Waals surface area contributed by atoms with Crippen LogP contribution in [0, 0.1) is 15.9 Å². The molecule has 0 amide bonds. The Morgan fingerprint density at radius 1 is 1.50 bits per heavy atom. The zero-order valence-corrected chi connectivity index (χ0v) is 11.8. The first-order valence-electron chi connectivity index (χ1n) is 5.74. The summed E-state index contributed by atoms with van der Waals surface area (Å²) in [5, 5.41) is 20.0. The van der Waals surface area contributed by atoms with Crippen molar-refractivity contribution in [3.63, 3.8) is 0 Å². The van der Waals surface area contributed by atoms with Crippen molar-refractivity contribution in [1.29, 1.82) is 0 Å². The number of nitro groups is 1. The molecular weight excluding hydrogens is 291 g/mol. The van der Waals surface area contributed by atoms with Crippen LogP contribution < -0.4 is 0 Å². The molecule has 1 rings (SSSR count). The maximum Gasteiger partial charge on any atom is 0.292 e. The van der Waals surface area contributed by atoms with Crippen molar-refractivity contribution in [2.45, 2.75) is 24.3 Å². The van der Waals surface area contributed by atoms with Gasteiger partial charge in [-0.2, -0.15) is 0 Å². The highest BCUT2D eigenvalue weighted by atomic mass is 32.2. The fourth-order valence-electron chi connectivity index (χ4n) is 1.51. The molecule has 0 saturated heterocycles. The molecule has 1 aromatic carbocycles. The summed E-state index contributed by atoms with van der Waals surface area (Å²) >= 11 is 0. The highest BCUT2D eigenvalue weighted by Gasteiger charge is 2.29. The molecule has 0 bridgehead atoms. The molecule has 0 radical (unpaired) electrons. The van der Waals surface area contributed by atoms with Crippen LogP contribution in [0.2, 0.25) is 0 Å². The molecular formula is C11H15FN2O5S. The quantitative estimate of drug-likeness (QED) is 0.627. The van der Waals surface area contributed by atoms with E-state index < -0.39 is 37.5 Å². The number of sulfonamides is 1. The molecule has 0 aliphatic rings. The van der Waals surface area contributed by atoms with Crippen LogP contribution in [-0.4, -0.2) is 42.4 Å². The molecule has 0 heterocycles. The van der Waals surface area contributed by atoms with E-state index in [1.807, 2.05) is 0 Å². The number of aliphatic hydroxyl groups is 1. The Hall–Kier alpha value is -1.58. The Labute approximate surface area is 115 Å². The largest absolute Gasteiger partial charge is 0.393 e. The van der Waals surface area contributed by atoms with Gasteiger partial charge in [0.15, 0.2) is 4.90 Å². The molecule has 1 atom stereocenters. The van der Waals surface area contributed by atoms with E-state index in [4.69, 9.17) is 5.11 Å². The lowest BCUT2D eigenvalue weighted by molar-refractivity contribution is -0.388. The summed E-state index contributed by atoms with van der Waals surface area (Å²) in [7, 11) is -2.87. The van der Waals surface area contributed by atoms with E-state index in [1.165, 1.54) is 14.0 Å². The molecule has 20 heavy (non-hydrogen) atoms. The van der Waals surface area contributed by atoms with Gasteiger partial charge in [-0.1, -0.05) is 0 Å². The van der Waals surface area contributed by atoms with Gasteiger partial charge in [0.2, 0.25) is 10.0 Å². The minimum atomic E-state index is -4.11. The lowest BCUT2D eigenvalue weighted by Gasteiger charge is -2.17. The molecule has 7 nitrogen and oxygen atoms in total. The maximum atomic E-state index is 13.0. The normalized spacial score (nSPS) is 13.4. The van der Waals surface area contributed by atoms with E-state index in [2.05, 4.69) is 0 Å². The van der Waals surface area contributed by atoms with E-state index in [9.17, 15) is 22.9 Å². The highest BCUT2D eigenvalue weighted by Crippen LogP contribution is 2.26. The van der Waals surface area contributed by atoms with Crippen LogP contribution in [-0.2, 0) is 10.0 Å². The van der Waals surface area contributed by atoms with Crippen molar-refractivity contribution < 1.29 is 22.8 Å². The summed E-state index contributed by atoms with van der Waals surface area (Å²) in [6, 6.07) is 2.28. The Balaban J connectivity index is 3.18. The fraction of sp³-hybridized carbons (Fsp3) is 0.455. The van der Waals surface area contributed by atoms with Gasteiger partial charge in [0.25, 0.3) is 5.69 Å². The molecule has 9 heteroatoms. The van der Waals surface area contributed by atoms with E-state index in [0.29, 0.717) is 6.07 Å². The lowest BCUT2D eigenvalue weighted by Crippen LogP contribution is -2.30. The third kappa shape index (κ3) is 3.71. The predicted octanol–water partition coefficient (Wildman–Crippen LogP) is 1.13. The molecule has 1 aromatic rings. The zero-order chi connectivity index (χ0) is 15.5.